The molecule has 0 radical (unpaired) electrons. The Hall–Kier alpha value is -1.93. The number of anilines is 2. The first-order valence-electron chi connectivity index (χ1n) is 6.31. The molecule has 0 aliphatic rings. The van der Waals surface area contributed by atoms with E-state index in [1.165, 1.54) is 12.0 Å². The largest absolute Gasteiger partial charge is 0.497 e. The van der Waals surface area contributed by atoms with Gasteiger partial charge in [-0.2, -0.15) is 0 Å². The number of hydrogen-bond acceptors (Lipinski definition) is 5. The summed E-state index contributed by atoms with van der Waals surface area (Å²) in [6.07, 6.45) is -2.57. The monoisotopic (exact) mass is 303 g/mol. The summed E-state index contributed by atoms with van der Waals surface area (Å²) in [6, 6.07) is 4.73. The lowest BCUT2D eigenvalue weighted by atomic mass is 10.2. The number of carbonyl (C=O) groups is 1. The number of nitrogen functional groups attached to an aromatic ring is 1. The minimum Gasteiger partial charge on any atom is -0.497 e. The molecule has 4 N–H and O–H groups in total. The molecule has 0 spiro atoms. The molecule has 0 bridgehead atoms. The summed E-state index contributed by atoms with van der Waals surface area (Å²) in [7, 11) is 1.49. The molecule has 0 saturated heterocycles. The van der Waals surface area contributed by atoms with E-state index in [2.05, 4.69) is 5.32 Å². The Morgan fingerprint density at radius 3 is 2.76 bits per heavy atom. The second-order valence-corrected chi connectivity index (χ2v) is 4.35. The highest BCUT2D eigenvalue weighted by Gasteiger charge is 2.16. The van der Waals surface area contributed by atoms with Crippen LogP contribution in [0.1, 0.15) is 0 Å². The van der Waals surface area contributed by atoms with Crippen molar-refractivity contribution in [1.82, 2.24) is 4.90 Å². The number of halogens is 2. The van der Waals surface area contributed by atoms with Crippen molar-refractivity contribution in [1.29, 1.82) is 0 Å². The Kier molecular flexibility index (Phi) is 6.83. The summed E-state index contributed by atoms with van der Waals surface area (Å²) in [4.78, 5) is 13.0. The molecule has 6 nitrogen and oxygen atoms in total. The van der Waals surface area contributed by atoms with Crippen molar-refractivity contribution in [2.24, 2.45) is 0 Å². The quantitative estimate of drug-likeness (QED) is 0.618. The van der Waals surface area contributed by atoms with Crippen LogP contribution in [0.5, 0.6) is 5.75 Å². The number of rotatable bonds is 8. The molecule has 1 amide bonds. The fraction of sp³-hybridized carbons (Fsp3) is 0.462. The van der Waals surface area contributed by atoms with Gasteiger partial charge >= 0.3 is 0 Å². The molecule has 0 saturated carbocycles. The van der Waals surface area contributed by atoms with Gasteiger partial charge in [-0.3, -0.25) is 9.69 Å². The van der Waals surface area contributed by atoms with Crippen LogP contribution in [0.4, 0.5) is 20.2 Å². The van der Waals surface area contributed by atoms with Crippen LogP contribution in [0.2, 0.25) is 0 Å². The minimum absolute atomic E-state index is 0.00411. The highest BCUT2D eigenvalue weighted by Crippen LogP contribution is 2.23. The van der Waals surface area contributed by atoms with Crippen LogP contribution in [0.3, 0.4) is 0 Å². The van der Waals surface area contributed by atoms with E-state index in [-0.39, 0.29) is 19.7 Å². The maximum atomic E-state index is 12.3. The summed E-state index contributed by atoms with van der Waals surface area (Å²) in [5.74, 6) is 0.0612. The van der Waals surface area contributed by atoms with E-state index < -0.39 is 18.9 Å². The summed E-state index contributed by atoms with van der Waals surface area (Å²) < 4.78 is 29.7. The second kappa shape index (κ2) is 8.38. The van der Waals surface area contributed by atoms with Crippen LogP contribution in [0, 0.1) is 0 Å². The molecule has 0 aliphatic heterocycles. The molecule has 1 aromatic rings. The molecule has 8 heteroatoms. The Balaban J connectivity index is 2.63. The lowest BCUT2D eigenvalue weighted by Gasteiger charge is -2.20. The number of methoxy groups -OCH3 is 1. The minimum atomic E-state index is -2.57. The van der Waals surface area contributed by atoms with Crippen LogP contribution in [-0.2, 0) is 4.79 Å². The molecular weight excluding hydrogens is 284 g/mol. The highest BCUT2D eigenvalue weighted by molar-refractivity contribution is 5.95. The summed E-state index contributed by atoms with van der Waals surface area (Å²) in [6.45, 7) is -1.14. The van der Waals surface area contributed by atoms with Crippen LogP contribution in [0.25, 0.3) is 0 Å². The van der Waals surface area contributed by atoms with Crippen LogP contribution in [0.15, 0.2) is 18.2 Å². The Morgan fingerprint density at radius 2 is 2.24 bits per heavy atom. The maximum absolute atomic E-state index is 12.3. The van der Waals surface area contributed by atoms with E-state index in [0.717, 1.165) is 0 Å². The van der Waals surface area contributed by atoms with Crippen LogP contribution in [-0.4, -0.2) is 55.7 Å². The van der Waals surface area contributed by atoms with E-state index in [1.807, 2.05) is 0 Å². The van der Waals surface area contributed by atoms with Gasteiger partial charge in [-0.05, 0) is 12.1 Å². The van der Waals surface area contributed by atoms with Crippen molar-refractivity contribution in [2.45, 2.75) is 6.43 Å². The lowest BCUT2D eigenvalue weighted by Crippen LogP contribution is -2.38. The van der Waals surface area contributed by atoms with Crippen molar-refractivity contribution in [2.75, 3.05) is 44.4 Å². The van der Waals surface area contributed by atoms with Crippen LogP contribution >= 0.6 is 0 Å². The van der Waals surface area contributed by atoms with E-state index in [9.17, 15) is 13.6 Å². The van der Waals surface area contributed by atoms with Gasteiger partial charge < -0.3 is 20.9 Å². The molecule has 0 unspecified atom stereocenters. The first-order valence-corrected chi connectivity index (χ1v) is 6.31. The number of aliphatic hydroxyl groups excluding tert-OH is 1. The number of carbonyl (C=O) groups excluding carboxylic acids is 1. The maximum Gasteiger partial charge on any atom is 0.251 e. The second-order valence-electron chi connectivity index (χ2n) is 4.35. The fourth-order valence-corrected chi connectivity index (χ4v) is 1.75. The molecule has 21 heavy (non-hydrogen) atoms. The molecule has 0 heterocycles. The lowest BCUT2D eigenvalue weighted by molar-refractivity contribution is -0.117. The first-order chi connectivity index (χ1) is 9.96. The van der Waals surface area contributed by atoms with Gasteiger partial charge in [-0.15, -0.1) is 0 Å². The number of ether oxygens (including phenoxy) is 1. The third kappa shape index (κ3) is 5.92. The summed E-state index contributed by atoms with van der Waals surface area (Å²) >= 11 is 0. The van der Waals surface area contributed by atoms with Crippen molar-refractivity contribution in [3.05, 3.63) is 18.2 Å². The van der Waals surface area contributed by atoms with Crippen molar-refractivity contribution in [3.8, 4) is 5.75 Å². The molecule has 0 aromatic heterocycles. The van der Waals surface area contributed by atoms with Gasteiger partial charge in [-0.1, -0.05) is 0 Å². The summed E-state index contributed by atoms with van der Waals surface area (Å²) in [5, 5.41) is 11.3. The molecule has 0 fully saturated rings. The third-order valence-electron chi connectivity index (χ3n) is 2.71. The Bertz CT molecular complexity index is 472. The Morgan fingerprint density at radius 1 is 1.52 bits per heavy atom. The SMILES string of the molecule is COc1ccc(NC(=O)CN(CCO)CC(F)F)c(N)c1. The number of alkyl halides is 2. The number of nitrogens with two attached hydrogens (primary N) is 1. The molecule has 1 rings (SSSR count). The number of nitrogens with zero attached hydrogens (tertiary/aromatic N) is 1. The van der Waals surface area contributed by atoms with Gasteiger partial charge in [0.2, 0.25) is 5.91 Å². The number of hydrogen-bond donors (Lipinski definition) is 3. The van der Waals surface area contributed by atoms with Gasteiger partial charge in [0.05, 0.1) is 38.2 Å². The van der Waals surface area contributed by atoms with E-state index in [1.54, 1.807) is 18.2 Å². The Labute approximate surface area is 121 Å². The zero-order valence-electron chi connectivity index (χ0n) is 11.7. The molecule has 0 atom stereocenters. The van der Waals surface area contributed by atoms with Gasteiger partial charge in [0.1, 0.15) is 5.75 Å². The number of amides is 1. The normalized spacial score (nSPS) is 11.0. The zero-order valence-corrected chi connectivity index (χ0v) is 11.7. The predicted molar refractivity (Wildman–Crippen MR) is 75.6 cm³/mol. The van der Waals surface area contributed by atoms with Crippen molar-refractivity contribution < 1.29 is 23.4 Å². The molecule has 118 valence electrons. The van der Waals surface area contributed by atoms with Gasteiger partial charge in [0, 0.05) is 12.6 Å². The number of aliphatic hydroxyl groups is 1. The number of nitrogens with one attached hydrogen (secondary N) is 1. The van der Waals surface area contributed by atoms with E-state index >= 15 is 0 Å². The van der Waals surface area contributed by atoms with Gasteiger partial charge in [-0.25, -0.2) is 8.78 Å². The summed E-state index contributed by atoms with van der Waals surface area (Å²) in [5.41, 5.74) is 6.43. The smallest absolute Gasteiger partial charge is 0.251 e. The molecule has 0 aliphatic carbocycles. The standard InChI is InChI=1S/C13H19F2N3O3/c1-21-9-2-3-11(10(16)6-9)17-13(20)8-18(4-5-19)7-12(14)15/h2-3,6,12,19H,4-5,7-8,16H2,1H3,(H,17,20). The topological polar surface area (TPSA) is 87.8 Å². The number of benzene rings is 1. The van der Waals surface area contributed by atoms with E-state index in [4.69, 9.17) is 15.6 Å². The average molecular weight is 303 g/mol. The van der Waals surface area contributed by atoms with Crippen molar-refractivity contribution >= 4 is 17.3 Å². The predicted octanol–water partition coefficient (Wildman–Crippen LogP) is 0.775. The van der Waals surface area contributed by atoms with Gasteiger partial charge in [0.15, 0.2) is 0 Å². The van der Waals surface area contributed by atoms with Gasteiger partial charge in [0.25, 0.3) is 6.43 Å². The van der Waals surface area contributed by atoms with Crippen molar-refractivity contribution in [3.63, 3.8) is 0 Å². The fourth-order valence-electron chi connectivity index (χ4n) is 1.75. The van der Waals surface area contributed by atoms with Crippen LogP contribution < -0.4 is 15.8 Å². The average Bonchev–Trinajstić information content (AvgIpc) is 2.40. The van der Waals surface area contributed by atoms with E-state index in [0.29, 0.717) is 17.1 Å². The molecule has 1 aromatic carbocycles. The third-order valence-corrected chi connectivity index (χ3v) is 2.71. The first kappa shape index (κ1) is 17.1. The zero-order chi connectivity index (χ0) is 15.8. The highest BCUT2D eigenvalue weighted by atomic mass is 19.3. The molecular formula is C13H19F2N3O3.